The van der Waals surface area contributed by atoms with E-state index in [0.717, 1.165) is 17.0 Å². The van der Waals surface area contributed by atoms with Gasteiger partial charge in [0.25, 0.3) is 11.8 Å². The third kappa shape index (κ3) is 5.98. The van der Waals surface area contributed by atoms with Gasteiger partial charge in [-0.15, -0.1) is 0 Å². The molecule has 2 fully saturated rings. The average Bonchev–Trinajstić information content (AvgIpc) is 3.67. The number of imide groups is 1. The van der Waals surface area contributed by atoms with Gasteiger partial charge in [-0.05, 0) is 48.5 Å². The molecule has 3 aromatic rings. The SMILES string of the molecule is CC(=O)NC[C@H]1CN(c2ccc(-c3ccc(N4C[C@H](COCCN5C(=O)c6ccccc6C5=O)OC4=O)cc3F)c(F)c2)C(=O)O1. The normalized spacial score (nSPS) is 19.1. The predicted molar refractivity (Wildman–Crippen MR) is 158 cm³/mol. The molecule has 5 amide bonds. The predicted octanol–water partition coefficient (Wildman–Crippen LogP) is 3.73. The number of amides is 5. The number of hydrogen-bond acceptors (Lipinski definition) is 8. The van der Waals surface area contributed by atoms with Crippen molar-refractivity contribution in [3.05, 3.63) is 83.4 Å². The van der Waals surface area contributed by atoms with Gasteiger partial charge in [0.2, 0.25) is 5.91 Å². The fourth-order valence-corrected chi connectivity index (χ4v) is 5.51. The van der Waals surface area contributed by atoms with Crippen LogP contribution in [0.1, 0.15) is 27.6 Å². The Morgan fingerprint density at radius 1 is 0.804 bits per heavy atom. The maximum atomic E-state index is 15.3. The summed E-state index contributed by atoms with van der Waals surface area (Å²) in [6.07, 6.45) is -2.69. The van der Waals surface area contributed by atoms with Gasteiger partial charge in [0.05, 0.1) is 61.9 Å². The molecule has 0 bridgehead atoms. The van der Waals surface area contributed by atoms with Crippen molar-refractivity contribution in [1.82, 2.24) is 10.2 Å². The highest BCUT2D eigenvalue weighted by Gasteiger charge is 2.36. The zero-order valence-corrected chi connectivity index (χ0v) is 24.5. The summed E-state index contributed by atoms with van der Waals surface area (Å²) < 4.78 is 46.6. The van der Waals surface area contributed by atoms with Crippen molar-refractivity contribution in [2.45, 2.75) is 19.1 Å². The molecule has 3 heterocycles. The van der Waals surface area contributed by atoms with Crippen LogP contribution in [0.15, 0.2) is 60.7 Å². The van der Waals surface area contributed by atoms with Crippen LogP contribution in [0, 0.1) is 11.6 Å². The number of nitrogens with one attached hydrogen (secondary N) is 1. The van der Waals surface area contributed by atoms with E-state index < -0.39 is 47.8 Å². The van der Waals surface area contributed by atoms with Gasteiger partial charge < -0.3 is 19.5 Å². The Morgan fingerprint density at radius 2 is 1.33 bits per heavy atom. The molecule has 0 spiro atoms. The Morgan fingerprint density at radius 3 is 1.85 bits per heavy atom. The van der Waals surface area contributed by atoms with Crippen molar-refractivity contribution >= 4 is 41.3 Å². The molecule has 1 N–H and O–H groups in total. The standard InChI is InChI=1S/C32H28F2N4O8/c1-18(39)35-14-21-15-37(31(42)45-21)19-6-8-23(27(33)12-19)24-9-7-20(13-28(24)34)38-16-22(46-32(38)43)17-44-11-10-36-29(40)25-4-2-3-5-26(25)30(36)41/h2-9,12-13,21-22H,10-11,14-17H2,1H3,(H,35,39)/t21-,22+/m0/s1. The molecule has 0 radical (unpaired) electrons. The number of fused-ring (bicyclic) bond motifs is 1. The molecule has 3 aliphatic rings. The van der Waals surface area contributed by atoms with E-state index in [0.29, 0.717) is 11.1 Å². The van der Waals surface area contributed by atoms with Crippen LogP contribution in [-0.2, 0) is 19.0 Å². The summed E-state index contributed by atoms with van der Waals surface area (Å²) in [5.41, 5.74) is 0.985. The van der Waals surface area contributed by atoms with Gasteiger partial charge in [-0.1, -0.05) is 12.1 Å². The summed E-state index contributed by atoms with van der Waals surface area (Å²) in [6.45, 7) is 1.67. The van der Waals surface area contributed by atoms with Crippen LogP contribution in [0.25, 0.3) is 11.1 Å². The van der Waals surface area contributed by atoms with Crippen molar-refractivity contribution in [1.29, 1.82) is 0 Å². The molecule has 2 atom stereocenters. The highest BCUT2D eigenvalue weighted by Crippen LogP contribution is 2.33. The minimum absolute atomic E-state index is 0.0118. The number of ether oxygens (including phenoxy) is 3. The smallest absolute Gasteiger partial charge is 0.414 e. The Bertz CT molecular complexity index is 1720. The van der Waals surface area contributed by atoms with E-state index in [2.05, 4.69) is 5.32 Å². The maximum Gasteiger partial charge on any atom is 0.414 e. The molecule has 0 aromatic heterocycles. The van der Waals surface area contributed by atoms with E-state index in [4.69, 9.17) is 14.2 Å². The van der Waals surface area contributed by atoms with Gasteiger partial charge >= 0.3 is 12.2 Å². The number of benzene rings is 3. The summed E-state index contributed by atoms with van der Waals surface area (Å²) in [5, 5.41) is 2.57. The molecule has 6 rings (SSSR count). The molecule has 0 saturated carbocycles. The lowest BCUT2D eigenvalue weighted by molar-refractivity contribution is -0.119. The summed E-state index contributed by atoms with van der Waals surface area (Å²) in [4.78, 5) is 64.5. The van der Waals surface area contributed by atoms with Crippen molar-refractivity contribution in [2.75, 3.05) is 49.2 Å². The lowest BCUT2D eigenvalue weighted by Gasteiger charge is -2.16. The second-order valence-corrected chi connectivity index (χ2v) is 10.9. The van der Waals surface area contributed by atoms with Gasteiger partial charge in [0.1, 0.15) is 23.8 Å². The van der Waals surface area contributed by atoms with Gasteiger partial charge in [-0.3, -0.25) is 29.1 Å². The zero-order chi connectivity index (χ0) is 32.5. The maximum absolute atomic E-state index is 15.3. The number of halogens is 2. The van der Waals surface area contributed by atoms with Crippen LogP contribution in [0.4, 0.5) is 29.7 Å². The van der Waals surface area contributed by atoms with E-state index in [1.807, 2.05) is 0 Å². The first kappa shape index (κ1) is 30.6. The molecule has 0 aliphatic carbocycles. The molecule has 14 heteroatoms. The second kappa shape index (κ2) is 12.6. The fraction of sp³-hybridized carbons (Fsp3) is 0.281. The van der Waals surface area contributed by atoms with Crippen LogP contribution >= 0.6 is 0 Å². The molecule has 2 saturated heterocycles. The average molecular weight is 635 g/mol. The first-order chi connectivity index (χ1) is 22.1. The topological polar surface area (TPSA) is 135 Å². The summed E-state index contributed by atoms with van der Waals surface area (Å²) in [5.74, 6) is -2.62. The second-order valence-electron chi connectivity index (χ2n) is 10.9. The summed E-state index contributed by atoms with van der Waals surface area (Å²) >= 11 is 0. The molecular formula is C32H28F2N4O8. The molecule has 46 heavy (non-hydrogen) atoms. The first-order valence-electron chi connectivity index (χ1n) is 14.4. The van der Waals surface area contributed by atoms with Crippen LogP contribution in [0.2, 0.25) is 0 Å². The van der Waals surface area contributed by atoms with Crippen molar-refractivity contribution in [3.63, 3.8) is 0 Å². The van der Waals surface area contributed by atoms with Crippen LogP contribution in [0.3, 0.4) is 0 Å². The Balaban J connectivity index is 1.04. The zero-order valence-electron chi connectivity index (χ0n) is 24.5. The quantitative estimate of drug-likeness (QED) is 0.264. The fourth-order valence-electron chi connectivity index (χ4n) is 5.51. The molecule has 12 nitrogen and oxygen atoms in total. The van der Waals surface area contributed by atoms with Crippen LogP contribution < -0.4 is 15.1 Å². The lowest BCUT2D eigenvalue weighted by atomic mass is 10.0. The Kier molecular flexibility index (Phi) is 8.37. The summed E-state index contributed by atoms with van der Waals surface area (Å²) in [7, 11) is 0. The number of anilines is 2. The number of cyclic esters (lactones) is 2. The number of nitrogens with zero attached hydrogens (tertiary/aromatic N) is 3. The molecular weight excluding hydrogens is 606 g/mol. The minimum Gasteiger partial charge on any atom is -0.442 e. The highest BCUT2D eigenvalue weighted by atomic mass is 19.1. The van der Waals surface area contributed by atoms with Crippen molar-refractivity contribution < 1.29 is 47.0 Å². The van der Waals surface area contributed by atoms with E-state index in [9.17, 15) is 24.0 Å². The van der Waals surface area contributed by atoms with Gasteiger partial charge in [-0.25, -0.2) is 18.4 Å². The third-order valence-electron chi connectivity index (χ3n) is 7.79. The number of carbonyl (C=O) groups excluding carboxylic acids is 5. The minimum atomic E-state index is -0.784. The molecule has 3 aromatic carbocycles. The third-order valence-corrected chi connectivity index (χ3v) is 7.79. The van der Waals surface area contributed by atoms with E-state index in [1.54, 1.807) is 24.3 Å². The molecule has 0 unspecified atom stereocenters. The number of hydrogen-bond donors (Lipinski definition) is 1. The molecule has 3 aliphatic heterocycles. The van der Waals surface area contributed by atoms with Gasteiger partial charge in [0, 0.05) is 18.1 Å². The number of carbonyl (C=O) groups is 5. The Hall–Kier alpha value is -5.37. The van der Waals surface area contributed by atoms with E-state index >= 15 is 8.78 Å². The number of rotatable bonds is 10. The highest BCUT2D eigenvalue weighted by molar-refractivity contribution is 6.21. The van der Waals surface area contributed by atoms with Crippen LogP contribution in [-0.4, -0.2) is 86.4 Å². The largest absolute Gasteiger partial charge is 0.442 e. The van der Waals surface area contributed by atoms with E-state index in [1.165, 1.54) is 41.0 Å². The summed E-state index contributed by atoms with van der Waals surface area (Å²) in [6, 6.07) is 14.4. The van der Waals surface area contributed by atoms with Gasteiger partial charge in [-0.2, -0.15) is 0 Å². The van der Waals surface area contributed by atoms with Crippen LogP contribution in [0.5, 0.6) is 0 Å². The lowest BCUT2D eigenvalue weighted by Crippen LogP contribution is -2.34. The first-order valence-corrected chi connectivity index (χ1v) is 14.4. The van der Waals surface area contributed by atoms with Crippen molar-refractivity contribution in [3.8, 4) is 11.1 Å². The monoisotopic (exact) mass is 634 g/mol. The van der Waals surface area contributed by atoms with Gasteiger partial charge in [0.15, 0.2) is 0 Å². The van der Waals surface area contributed by atoms with Crippen molar-refractivity contribution in [2.24, 2.45) is 0 Å². The van der Waals surface area contributed by atoms with E-state index in [-0.39, 0.29) is 67.8 Å². The Labute approximate surface area is 261 Å². The molecule has 238 valence electrons.